The molecule has 5 atom stereocenters. The lowest BCUT2D eigenvalue weighted by Crippen LogP contribution is -2.60. The van der Waals surface area contributed by atoms with Gasteiger partial charge in [-0.15, -0.1) is 0 Å². The van der Waals surface area contributed by atoms with Crippen molar-refractivity contribution in [3.63, 3.8) is 0 Å². The van der Waals surface area contributed by atoms with Crippen LogP contribution in [-0.4, -0.2) is 75.1 Å². The number of rotatable bonds is 4. The first-order valence-corrected chi connectivity index (χ1v) is 9.23. The van der Waals surface area contributed by atoms with Crippen molar-refractivity contribution < 1.29 is 49.3 Å². The minimum absolute atomic E-state index is 0.0568. The normalized spacial score (nSPS) is 26.3. The number of aliphatic hydroxyl groups is 4. The molecular formula is C20H20O11. The van der Waals surface area contributed by atoms with Crippen LogP contribution in [0.25, 0.3) is 21.9 Å². The van der Waals surface area contributed by atoms with Crippen LogP contribution in [0.5, 0.6) is 23.0 Å². The molecule has 1 aliphatic rings. The van der Waals surface area contributed by atoms with E-state index in [9.17, 15) is 35.4 Å². The molecule has 5 unspecified atom stereocenters. The molecule has 0 saturated carbocycles. The average Bonchev–Trinajstić information content (AvgIpc) is 2.75. The van der Waals surface area contributed by atoms with E-state index in [0.29, 0.717) is 0 Å². The van der Waals surface area contributed by atoms with Crippen molar-refractivity contribution in [1.82, 2.24) is 0 Å². The lowest BCUT2D eigenvalue weighted by molar-refractivity contribution is -0.277. The van der Waals surface area contributed by atoms with Crippen molar-refractivity contribution in [2.75, 3.05) is 13.7 Å². The molecule has 1 aromatic heterocycles. The van der Waals surface area contributed by atoms with Crippen LogP contribution in [0.15, 0.2) is 33.5 Å². The third-order valence-corrected chi connectivity index (χ3v) is 5.15. The summed E-state index contributed by atoms with van der Waals surface area (Å²) in [5, 5.41) is 59.3. The molecular weight excluding hydrogens is 416 g/mol. The van der Waals surface area contributed by atoms with Crippen LogP contribution in [0.4, 0.5) is 0 Å². The van der Waals surface area contributed by atoms with Crippen LogP contribution >= 0.6 is 0 Å². The van der Waals surface area contributed by atoms with Gasteiger partial charge in [-0.25, -0.2) is 0 Å². The van der Waals surface area contributed by atoms with Gasteiger partial charge in [0.25, 0.3) is 0 Å². The summed E-state index contributed by atoms with van der Waals surface area (Å²) in [6.45, 7) is -0.653. The molecule has 11 nitrogen and oxygen atoms in total. The highest BCUT2D eigenvalue weighted by Gasteiger charge is 2.45. The molecule has 0 spiro atoms. The monoisotopic (exact) mass is 436 g/mol. The lowest BCUT2D eigenvalue weighted by atomic mass is 9.99. The van der Waals surface area contributed by atoms with E-state index in [1.807, 2.05) is 0 Å². The number of methoxy groups -OCH3 is 1. The first kappa shape index (κ1) is 21.2. The molecule has 1 saturated heterocycles. The molecule has 2 heterocycles. The summed E-state index contributed by atoms with van der Waals surface area (Å²) in [4.78, 5) is 13.0. The molecule has 0 radical (unpaired) electrons. The summed E-state index contributed by atoms with van der Waals surface area (Å²) in [7, 11) is 1.36. The van der Waals surface area contributed by atoms with Crippen LogP contribution < -0.4 is 14.9 Å². The van der Waals surface area contributed by atoms with Gasteiger partial charge in [0, 0.05) is 12.1 Å². The largest absolute Gasteiger partial charge is 0.507 e. The van der Waals surface area contributed by atoms with Crippen LogP contribution in [0, 0.1) is 0 Å². The predicted molar refractivity (Wildman–Crippen MR) is 104 cm³/mol. The number of phenolic OH excluding ortho intramolecular Hbond substituents is 2. The Kier molecular flexibility index (Phi) is 5.37. The maximum atomic E-state index is 13.0. The van der Waals surface area contributed by atoms with Gasteiger partial charge in [-0.05, 0) is 12.1 Å². The van der Waals surface area contributed by atoms with E-state index in [1.165, 1.54) is 25.3 Å². The fraction of sp³-hybridized carbons (Fsp3) is 0.350. The molecule has 31 heavy (non-hydrogen) atoms. The van der Waals surface area contributed by atoms with Gasteiger partial charge in [0.15, 0.2) is 11.3 Å². The smallest absolute Gasteiger partial charge is 0.229 e. The minimum atomic E-state index is -1.70. The maximum absolute atomic E-state index is 13.0. The van der Waals surface area contributed by atoms with Crippen LogP contribution in [0.2, 0.25) is 0 Å². The molecule has 2 aromatic carbocycles. The average molecular weight is 436 g/mol. The minimum Gasteiger partial charge on any atom is -0.507 e. The molecule has 4 rings (SSSR count). The van der Waals surface area contributed by atoms with E-state index < -0.39 is 54.2 Å². The number of benzene rings is 2. The lowest BCUT2D eigenvalue weighted by Gasteiger charge is -2.39. The number of hydrogen-bond acceptors (Lipinski definition) is 11. The van der Waals surface area contributed by atoms with Crippen molar-refractivity contribution in [1.29, 1.82) is 0 Å². The van der Waals surface area contributed by atoms with Crippen molar-refractivity contribution in [3.8, 4) is 23.0 Å². The number of aromatic hydroxyl groups is 2. The van der Waals surface area contributed by atoms with E-state index >= 15 is 0 Å². The van der Waals surface area contributed by atoms with E-state index in [4.69, 9.17) is 18.6 Å². The zero-order valence-electron chi connectivity index (χ0n) is 16.1. The van der Waals surface area contributed by atoms with E-state index in [0.717, 1.165) is 6.07 Å². The van der Waals surface area contributed by atoms with Gasteiger partial charge >= 0.3 is 0 Å². The number of hydrogen-bond donors (Lipinski definition) is 6. The Morgan fingerprint density at radius 3 is 2.42 bits per heavy atom. The highest BCUT2D eigenvalue weighted by molar-refractivity contribution is 5.98. The predicted octanol–water partition coefficient (Wildman–Crippen LogP) is -0.455. The van der Waals surface area contributed by atoms with E-state index in [-0.39, 0.29) is 33.4 Å². The summed E-state index contributed by atoms with van der Waals surface area (Å²) in [5.74, 6) is -0.783. The number of fused-ring (bicyclic) bond motifs is 2. The van der Waals surface area contributed by atoms with Crippen molar-refractivity contribution in [3.05, 3.63) is 34.5 Å². The Bertz CT molecular complexity index is 1190. The Hall–Kier alpha value is -3.09. The fourth-order valence-electron chi connectivity index (χ4n) is 3.49. The second-order valence-corrected chi connectivity index (χ2v) is 7.05. The van der Waals surface area contributed by atoms with Crippen LogP contribution in [0.3, 0.4) is 0 Å². The van der Waals surface area contributed by atoms with Gasteiger partial charge < -0.3 is 49.3 Å². The van der Waals surface area contributed by atoms with Crippen molar-refractivity contribution in [2.45, 2.75) is 30.7 Å². The molecule has 0 amide bonds. The standard InChI is InChI=1S/C20H20O11/c1-28-7-4-9(23)13-11(5-7)29-19-10(3-2-8(22)14(19)16(13)25)30-20-18(27)17(26)15(24)12(6-21)31-20/h2-5,12,15,17-18,20-24,26-27H,6H2,1H3. The topological polar surface area (TPSA) is 179 Å². The quantitative estimate of drug-likeness (QED) is 0.292. The summed E-state index contributed by atoms with van der Waals surface area (Å²) in [5.41, 5.74) is -1.02. The summed E-state index contributed by atoms with van der Waals surface area (Å²) < 4.78 is 21.7. The van der Waals surface area contributed by atoms with Gasteiger partial charge in [0.05, 0.1) is 13.7 Å². The highest BCUT2D eigenvalue weighted by Crippen LogP contribution is 2.37. The number of phenols is 2. The van der Waals surface area contributed by atoms with Gasteiger partial charge in [-0.2, -0.15) is 0 Å². The molecule has 166 valence electrons. The first-order valence-electron chi connectivity index (χ1n) is 9.23. The second kappa shape index (κ2) is 7.87. The van der Waals surface area contributed by atoms with Gasteiger partial charge in [-0.3, -0.25) is 4.79 Å². The summed E-state index contributed by atoms with van der Waals surface area (Å²) in [6.07, 6.45) is -7.69. The molecule has 6 N–H and O–H groups in total. The van der Waals surface area contributed by atoms with Crippen molar-refractivity contribution in [2.24, 2.45) is 0 Å². The Balaban J connectivity index is 1.86. The molecule has 1 fully saturated rings. The highest BCUT2D eigenvalue weighted by atomic mass is 16.7. The first-order chi connectivity index (χ1) is 14.8. The zero-order chi connectivity index (χ0) is 22.4. The van der Waals surface area contributed by atoms with Crippen LogP contribution in [-0.2, 0) is 4.74 Å². The van der Waals surface area contributed by atoms with E-state index in [1.54, 1.807) is 0 Å². The maximum Gasteiger partial charge on any atom is 0.229 e. The molecule has 1 aliphatic heterocycles. The van der Waals surface area contributed by atoms with Crippen LogP contribution in [0.1, 0.15) is 0 Å². The summed E-state index contributed by atoms with van der Waals surface area (Å²) in [6, 6.07) is 4.97. The zero-order valence-corrected chi connectivity index (χ0v) is 16.1. The molecule has 3 aromatic rings. The summed E-state index contributed by atoms with van der Waals surface area (Å²) >= 11 is 0. The van der Waals surface area contributed by atoms with E-state index in [2.05, 4.69) is 0 Å². The third kappa shape index (κ3) is 3.42. The second-order valence-electron chi connectivity index (χ2n) is 7.05. The Morgan fingerprint density at radius 1 is 1.00 bits per heavy atom. The number of ether oxygens (including phenoxy) is 3. The fourth-order valence-corrected chi connectivity index (χ4v) is 3.49. The van der Waals surface area contributed by atoms with Gasteiger partial charge in [0.2, 0.25) is 11.7 Å². The van der Waals surface area contributed by atoms with Gasteiger partial charge in [-0.1, -0.05) is 0 Å². The van der Waals surface area contributed by atoms with Gasteiger partial charge in [0.1, 0.15) is 58.0 Å². The molecule has 0 bridgehead atoms. The Morgan fingerprint density at radius 2 is 1.74 bits per heavy atom. The third-order valence-electron chi connectivity index (χ3n) is 5.15. The molecule has 0 aliphatic carbocycles. The Labute approximate surface area is 173 Å². The number of aliphatic hydroxyl groups excluding tert-OH is 4. The molecule has 11 heteroatoms. The SMILES string of the molecule is COc1cc(O)c2c(=O)c3c(O)ccc(OC4OC(CO)C(O)C(O)C4O)c3oc2c1. The van der Waals surface area contributed by atoms with Crippen molar-refractivity contribution >= 4 is 21.9 Å².